The molecule has 0 aromatic rings. The number of aliphatic hydroxyl groups excluding tert-OH is 2. The van der Waals surface area contributed by atoms with Crippen LogP contribution in [0, 0.1) is 21.7 Å². The fourth-order valence-electron chi connectivity index (χ4n) is 6.11. The second-order valence-electron chi connectivity index (χ2n) is 14.5. The maximum atomic E-state index is 12.9. The molecule has 2 fully saturated rings. The topological polar surface area (TPSA) is 74.6 Å². The lowest BCUT2D eigenvalue weighted by molar-refractivity contribution is -0.130. The molecule has 2 aliphatic carbocycles. The fourth-order valence-corrected chi connectivity index (χ4v) is 6.11. The third kappa shape index (κ3) is 9.22. The van der Waals surface area contributed by atoms with E-state index >= 15 is 0 Å². The lowest BCUT2D eigenvalue weighted by Crippen LogP contribution is -2.41. The summed E-state index contributed by atoms with van der Waals surface area (Å²) in [7, 11) is 0. The normalized spacial score (nSPS) is 30.3. The monoisotopic (exact) mass is 600 g/mol. The van der Waals surface area contributed by atoms with Crippen molar-refractivity contribution in [2.24, 2.45) is 21.7 Å². The van der Waals surface area contributed by atoms with Crippen LogP contribution < -0.4 is 0 Å². The minimum atomic E-state index is -0.542. The Morgan fingerprint density at radius 2 is 0.977 bits per heavy atom. The van der Waals surface area contributed by atoms with Crippen LogP contribution in [0.5, 0.6) is 0 Å². The third-order valence-electron chi connectivity index (χ3n) is 10.4. The van der Waals surface area contributed by atoms with Gasteiger partial charge in [-0.1, -0.05) is 137 Å². The van der Waals surface area contributed by atoms with Crippen molar-refractivity contribution in [2.45, 2.75) is 107 Å². The number of ketones is 2. The number of carbonyl (C=O) groups excluding carboxylic acids is 2. The number of hydrogen-bond acceptors (Lipinski definition) is 4. The molecule has 0 bridgehead atoms. The van der Waals surface area contributed by atoms with E-state index in [1.807, 2.05) is 128 Å². The Labute approximate surface area is 267 Å². The molecule has 2 unspecified atom stereocenters. The van der Waals surface area contributed by atoms with E-state index in [9.17, 15) is 19.8 Å². The first kappa shape index (κ1) is 37.1. The van der Waals surface area contributed by atoms with Gasteiger partial charge in [0.25, 0.3) is 0 Å². The lowest BCUT2D eigenvalue weighted by atomic mass is 9.66. The predicted octanol–water partition coefficient (Wildman–Crippen LogP) is 9.07. The Morgan fingerprint density at radius 3 is 1.36 bits per heavy atom. The highest BCUT2D eigenvalue weighted by Gasteiger charge is 2.54. The summed E-state index contributed by atoms with van der Waals surface area (Å²) >= 11 is 0. The van der Waals surface area contributed by atoms with Gasteiger partial charge in [-0.05, 0) is 70.9 Å². The van der Waals surface area contributed by atoms with Crippen LogP contribution in [0.4, 0.5) is 0 Å². The minimum absolute atomic E-state index is 0.0742. The van der Waals surface area contributed by atoms with Gasteiger partial charge in [0.15, 0.2) is 11.6 Å². The maximum absolute atomic E-state index is 12.9. The van der Waals surface area contributed by atoms with Gasteiger partial charge in [0.2, 0.25) is 0 Å². The van der Waals surface area contributed by atoms with Gasteiger partial charge < -0.3 is 10.2 Å². The molecule has 0 saturated heterocycles. The molecule has 4 atom stereocenters. The van der Waals surface area contributed by atoms with Crippen molar-refractivity contribution in [3.63, 3.8) is 0 Å². The van der Waals surface area contributed by atoms with Crippen molar-refractivity contribution in [1.82, 2.24) is 0 Å². The molecule has 0 aromatic heterocycles. The average molecular weight is 601 g/mol. The van der Waals surface area contributed by atoms with E-state index in [1.54, 1.807) is 12.2 Å². The summed E-state index contributed by atoms with van der Waals surface area (Å²) in [5, 5.41) is 20.4. The number of aliphatic hydroxyl groups is 2. The van der Waals surface area contributed by atoms with Crippen LogP contribution in [-0.2, 0) is 9.59 Å². The Balaban J connectivity index is 1.87. The number of rotatable bonds is 12. The summed E-state index contributed by atoms with van der Waals surface area (Å²) in [4.78, 5) is 25.9. The number of carbonyl (C=O) groups is 2. The van der Waals surface area contributed by atoms with Crippen LogP contribution in [0.3, 0.4) is 0 Å². The fraction of sp³-hybridized carbons (Fsp3) is 0.500. The molecule has 2 N–H and O–H groups in total. The first-order valence-corrected chi connectivity index (χ1v) is 15.9. The standard InChI is InChI=1S/C40H56O4/c1-29(17-13-19-31(3)21-23-35(43)39(9)26-25-34(42)38(39,7)8)15-11-12-16-30(2)18-14-20-32(4)22-24-36(44)40(10)28-33(41)27-37(40,5)6/h11-24,33-34,41-42H,25-28H2,1-10H3/b12-11+,17-13+,18-14+,23-21+,24-22+,29-15+,30-16+,31-19+,32-20+/t33?,34?,39-,40-/m0/s1. The van der Waals surface area contributed by atoms with E-state index in [0.29, 0.717) is 25.7 Å². The third-order valence-corrected chi connectivity index (χ3v) is 10.4. The number of hydrogen-bond donors (Lipinski definition) is 2. The van der Waals surface area contributed by atoms with Crippen LogP contribution in [0.25, 0.3) is 0 Å². The van der Waals surface area contributed by atoms with E-state index < -0.39 is 28.5 Å². The maximum Gasteiger partial charge on any atom is 0.162 e. The zero-order valence-corrected chi connectivity index (χ0v) is 28.8. The van der Waals surface area contributed by atoms with Gasteiger partial charge in [0.1, 0.15) is 0 Å². The number of allylic oxidation sites excluding steroid dienone is 18. The average Bonchev–Trinajstić information content (AvgIpc) is 3.29. The van der Waals surface area contributed by atoms with Crippen molar-refractivity contribution < 1.29 is 19.8 Å². The van der Waals surface area contributed by atoms with Crippen LogP contribution >= 0.6 is 0 Å². The van der Waals surface area contributed by atoms with Gasteiger partial charge in [-0.25, -0.2) is 0 Å². The van der Waals surface area contributed by atoms with E-state index in [4.69, 9.17) is 0 Å². The van der Waals surface area contributed by atoms with Crippen LogP contribution in [-0.4, -0.2) is 34.0 Å². The minimum Gasteiger partial charge on any atom is -0.393 e. The van der Waals surface area contributed by atoms with Gasteiger partial charge in [0, 0.05) is 16.2 Å². The molecule has 2 saturated carbocycles. The summed E-state index contributed by atoms with van der Waals surface area (Å²) in [6.45, 7) is 20.1. The summed E-state index contributed by atoms with van der Waals surface area (Å²) in [5.41, 5.74) is 2.44. The molecule has 2 aliphatic rings. The molecule has 44 heavy (non-hydrogen) atoms. The first-order chi connectivity index (χ1) is 20.4. The highest BCUT2D eigenvalue weighted by molar-refractivity contribution is 5.96. The van der Waals surface area contributed by atoms with Gasteiger partial charge in [0.05, 0.1) is 12.2 Å². The van der Waals surface area contributed by atoms with Crippen molar-refractivity contribution in [2.75, 3.05) is 0 Å². The van der Waals surface area contributed by atoms with Gasteiger partial charge in [-0.3, -0.25) is 9.59 Å². The zero-order valence-electron chi connectivity index (χ0n) is 28.8. The molecule has 0 aromatic carbocycles. The molecular formula is C40H56O4. The Morgan fingerprint density at radius 1 is 0.568 bits per heavy atom. The van der Waals surface area contributed by atoms with E-state index in [2.05, 4.69) is 13.8 Å². The Kier molecular flexibility index (Phi) is 12.9. The van der Waals surface area contributed by atoms with E-state index in [0.717, 1.165) is 22.3 Å². The molecule has 4 nitrogen and oxygen atoms in total. The van der Waals surface area contributed by atoms with Crippen LogP contribution in [0.15, 0.2) is 107 Å². The summed E-state index contributed by atoms with van der Waals surface area (Å²) in [5.74, 6) is 0.148. The molecule has 4 heteroatoms. The molecule has 0 heterocycles. The summed E-state index contributed by atoms with van der Waals surface area (Å²) < 4.78 is 0. The van der Waals surface area contributed by atoms with Crippen LogP contribution in [0.2, 0.25) is 0 Å². The van der Waals surface area contributed by atoms with E-state index in [-0.39, 0.29) is 17.0 Å². The predicted molar refractivity (Wildman–Crippen MR) is 185 cm³/mol. The van der Waals surface area contributed by atoms with Crippen molar-refractivity contribution in [3.05, 3.63) is 107 Å². The van der Waals surface area contributed by atoms with Crippen LogP contribution in [0.1, 0.15) is 94.9 Å². The molecule has 0 aliphatic heterocycles. The Hall–Kier alpha value is -3.08. The van der Waals surface area contributed by atoms with E-state index in [1.165, 1.54) is 0 Å². The van der Waals surface area contributed by atoms with Gasteiger partial charge in [-0.2, -0.15) is 0 Å². The second kappa shape index (κ2) is 15.3. The second-order valence-corrected chi connectivity index (χ2v) is 14.5. The molecule has 0 spiro atoms. The summed E-state index contributed by atoms with van der Waals surface area (Å²) in [6.07, 6.45) is 28.8. The smallest absolute Gasteiger partial charge is 0.162 e. The van der Waals surface area contributed by atoms with Crippen molar-refractivity contribution >= 4 is 11.6 Å². The van der Waals surface area contributed by atoms with Crippen molar-refractivity contribution in [3.8, 4) is 0 Å². The molecule has 0 radical (unpaired) electrons. The highest BCUT2D eigenvalue weighted by Crippen LogP contribution is 2.54. The highest BCUT2D eigenvalue weighted by atomic mass is 16.3. The van der Waals surface area contributed by atoms with Gasteiger partial charge in [-0.15, -0.1) is 0 Å². The zero-order chi connectivity index (χ0) is 33.3. The van der Waals surface area contributed by atoms with Crippen molar-refractivity contribution in [1.29, 1.82) is 0 Å². The molecular weight excluding hydrogens is 544 g/mol. The Bertz CT molecular complexity index is 1270. The molecule has 2 rings (SSSR count). The van der Waals surface area contributed by atoms with Gasteiger partial charge >= 0.3 is 0 Å². The molecule has 240 valence electrons. The SMILES string of the molecule is CC(/C=C/C=C(C)/C=C/C(=O)[C@]1(C)CC(O)CC1(C)C)=C\C=C\C=C(C)\C=C\C=C(C)\C=C\C(=O)[C@]1(C)CCC(O)C1(C)C. The largest absolute Gasteiger partial charge is 0.393 e. The first-order valence-electron chi connectivity index (χ1n) is 15.9. The lowest BCUT2D eigenvalue weighted by Gasteiger charge is -2.38. The summed E-state index contributed by atoms with van der Waals surface area (Å²) in [6, 6.07) is 0. The quantitative estimate of drug-likeness (QED) is 0.173. The molecule has 0 amide bonds.